The molecule has 0 bridgehead atoms. The highest BCUT2D eigenvalue weighted by Gasteiger charge is 2.30. The van der Waals surface area contributed by atoms with E-state index >= 15 is 0 Å². The zero-order chi connectivity index (χ0) is 21.5. The van der Waals surface area contributed by atoms with Gasteiger partial charge in [-0.05, 0) is 37.7 Å². The van der Waals surface area contributed by atoms with E-state index in [1.807, 2.05) is 0 Å². The van der Waals surface area contributed by atoms with Crippen LogP contribution in [0.3, 0.4) is 0 Å². The van der Waals surface area contributed by atoms with Crippen molar-refractivity contribution < 1.29 is 13.6 Å². The summed E-state index contributed by atoms with van der Waals surface area (Å²) in [5, 5.41) is 14.7. The van der Waals surface area contributed by atoms with E-state index in [-0.39, 0.29) is 17.6 Å². The Bertz CT molecular complexity index is 1090. The first kappa shape index (κ1) is 20.1. The van der Waals surface area contributed by atoms with E-state index in [0.717, 1.165) is 32.2 Å². The number of aryl methyl sites for hydroxylation is 1. The SMILES string of the molecule is Cn1cc(-c2cc3c(C(=O)N[C@H]4CC[C@H](CN5CC(F)C5)CC4)n[nH]c3cc2F)cn1. The van der Waals surface area contributed by atoms with Crippen molar-refractivity contribution in [2.45, 2.75) is 37.9 Å². The van der Waals surface area contributed by atoms with Crippen LogP contribution in [0, 0.1) is 11.7 Å². The Morgan fingerprint density at radius 3 is 2.71 bits per heavy atom. The van der Waals surface area contributed by atoms with Gasteiger partial charge in [-0.2, -0.15) is 10.2 Å². The van der Waals surface area contributed by atoms with Crippen molar-refractivity contribution in [1.82, 2.24) is 30.2 Å². The van der Waals surface area contributed by atoms with Gasteiger partial charge in [0.2, 0.25) is 0 Å². The molecule has 3 heterocycles. The van der Waals surface area contributed by atoms with Gasteiger partial charge in [-0.3, -0.25) is 19.5 Å². The Kier molecular flexibility index (Phi) is 5.21. The molecular weight excluding hydrogens is 402 g/mol. The van der Waals surface area contributed by atoms with Crippen LogP contribution in [0.2, 0.25) is 0 Å². The summed E-state index contributed by atoms with van der Waals surface area (Å²) in [5.41, 5.74) is 1.80. The summed E-state index contributed by atoms with van der Waals surface area (Å²) in [6, 6.07) is 3.12. The van der Waals surface area contributed by atoms with Crippen LogP contribution in [0.25, 0.3) is 22.0 Å². The molecule has 1 saturated carbocycles. The van der Waals surface area contributed by atoms with Gasteiger partial charge in [0.05, 0.1) is 11.7 Å². The lowest BCUT2D eigenvalue weighted by molar-refractivity contribution is 0.0440. The van der Waals surface area contributed by atoms with E-state index in [4.69, 9.17) is 0 Å². The molecule has 0 atom stereocenters. The molecule has 0 unspecified atom stereocenters. The number of nitrogens with one attached hydrogen (secondary N) is 2. The fourth-order valence-corrected chi connectivity index (χ4v) is 4.76. The number of nitrogens with zero attached hydrogens (tertiary/aromatic N) is 4. The highest BCUT2D eigenvalue weighted by atomic mass is 19.1. The molecule has 31 heavy (non-hydrogen) atoms. The minimum absolute atomic E-state index is 0.0963. The van der Waals surface area contributed by atoms with Crippen LogP contribution >= 0.6 is 0 Å². The van der Waals surface area contributed by atoms with Crippen LogP contribution in [0.5, 0.6) is 0 Å². The van der Waals surface area contributed by atoms with Crippen LogP contribution < -0.4 is 5.32 Å². The van der Waals surface area contributed by atoms with E-state index < -0.39 is 12.0 Å². The van der Waals surface area contributed by atoms with Crippen LogP contribution in [0.15, 0.2) is 24.5 Å². The molecule has 3 aromatic rings. The third-order valence-corrected chi connectivity index (χ3v) is 6.49. The van der Waals surface area contributed by atoms with Crippen molar-refractivity contribution in [3.63, 3.8) is 0 Å². The normalized spacial score (nSPS) is 22.5. The van der Waals surface area contributed by atoms with Crippen LogP contribution in [0.4, 0.5) is 8.78 Å². The van der Waals surface area contributed by atoms with E-state index in [0.29, 0.717) is 41.0 Å². The Hall–Kier alpha value is -2.81. The van der Waals surface area contributed by atoms with Gasteiger partial charge < -0.3 is 5.32 Å². The second-order valence-electron chi connectivity index (χ2n) is 8.86. The zero-order valence-corrected chi connectivity index (χ0v) is 17.4. The van der Waals surface area contributed by atoms with E-state index in [1.54, 1.807) is 30.2 Å². The lowest BCUT2D eigenvalue weighted by atomic mass is 9.85. The monoisotopic (exact) mass is 428 g/mol. The summed E-state index contributed by atoms with van der Waals surface area (Å²) < 4.78 is 29.2. The average Bonchev–Trinajstić information content (AvgIpc) is 3.33. The average molecular weight is 428 g/mol. The molecule has 2 fully saturated rings. The Morgan fingerprint density at radius 2 is 2.03 bits per heavy atom. The standard InChI is InChI=1S/C22H26F2N6O/c1-29-10-14(8-25-29)17-6-18-20(7-19(17)24)27-28-21(18)22(31)26-16-4-2-13(3-5-16)9-30-11-15(23)12-30/h6-8,10,13,15-16H,2-5,9,11-12H2,1H3,(H,26,31)(H,27,28)/t13-,16-. The quantitative estimate of drug-likeness (QED) is 0.655. The van der Waals surface area contributed by atoms with Gasteiger partial charge in [-0.15, -0.1) is 0 Å². The molecule has 2 aromatic heterocycles. The van der Waals surface area contributed by atoms with E-state index in [9.17, 15) is 13.6 Å². The maximum absolute atomic E-state index is 14.6. The molecule has 1 aromatic carbocycles. The van der Waals surface area contributed by atoms with E-state index in [1.165, 1.54) is 6.07 Å². The number of carbonyl (C=O) groups is 1. The summed E-state index contributed by atoms with van der Waals surface area (Å²) in [5.74, 6) is -0.0749. The number of amides is 1. The number of hydrogen-bond donors (Lipinski definition) is 2. The Balaban J connectivity index is 1.26. The van der Waals surface area contributed by atoms with Crippen molar-refractivity contribution in [3.8, 4) is 11.1 Å². The number of benzene rings is 1. The Labute approximate surface area is 178 Å². The molecule has 7 nitrogen and oxygen atoms in total. The second-order valence-corrected chi connectivity index (χ2v) is 8.86. The number of aromatic amines is 1. The summed E-state index contributed by atoms with van der Waals surface area (Å²) in [4.78, 5) is 15.1. The molecule has 2 N–H and O–H groups in total. The topological polar surface area (TPSA) is 78.8 Å². The molecule has 1 amide bonds. The largest absolute Gasteiger partial charge is 0.348 e. The number of likely N-dealkylation sites (tertiary alicyclic amines) is 1. The fraction of sp³-hybridized carbons (Fsp3) is 0.500. The van der Waals surface area contributed by atoms with Crippen LogP contribution in [-0.2, 0) is 7.05 Å². The number of halogens is 2. The molecule has 1 aliphatic heterocycles. The molecule has 9 heteroatoms. The van der Waals surface area contributed by atoms with Crippen molar-refractivity contribution in [1.29, 1.82) is 0 Å². The number of alkyl halides is 1. The van der Waals surface area contributed by atoms with Gasteiger partial charge in [0.15, 0.2) is 5.69 Å². The minimum Gasteiger partial charge on any atom is -0.348 e. The second kappa shape index (κ2) is 8.03. The molecular formula is C22H26F2N6O. The summed E-state index contributed by atoms with van der Waals surface area (Å²) in [6.45, 7) is 2.07. The van der Waals surface area contributed by atoms with Crippen LogP contribution in [0.1, 0.15) is 36.2 Å². The molecule has 164 valence electrons. The lowest BCUT2D eigenvalue weighted by Crippen LogP contribution is -2.50. The van der Waals surface area contributed by atoms with E-state index in [2.05, 4.69) is 25.5 Å². The highest BCUT2D eigenvalue weighted by molar-refractivity contribution is 6.05. The molecule has 1 aliphatic carbocycles. The first-order valence-corrected chi connectivity index (χ1v) is 10.8. The number of carbonyl (C=O) groups excluding carboxylic acids is 1. The third-order valence-electron chi connectivity index (χ3n) is 6.49. The lowest BCUT2D eigenvalue weighted by Gasteiger charge is -2.39. The maximum atomic E-state index is 14.6. The van der Waals surface area contributed by atoms with Crippen LogP contribution in [-0.4, -0.2) is 62.6 Å². The first-order chi connectivity index (χ1) is 15.0. The van der Waals surface area contributed by atoms with Crippen molar-refractivity contribution in [2.24, 2.45) is 13.0 Å². The molecule has 5 rings (SSSR count). The number of H-pyrrole nitrogens is 1. The zero-order valence-electron chi connectivity index (χ0n) is 17.4. The summed E-state index contributed by atoms with van der Waals surface area (Å²) in [6.07, 6.45) is 6.52. The first-order valence-electron chi connectivity index (χ1n) is 10.8. The van der Waals surface area contributed by atoms with Gasteiger partial charge in [0.25, 0.3) is 5.91 Å². The maximum Gasteiger partial charge on any atom is 0.272 e. The predicted octanol–water partition coefficient (Wildman–Crippen LogP) is 3.04. The number of fused-ring (bicyclic) bond motifs is 1. The summed E-state index contributed by atoms with van der Waals surface area (Å²) >= 11 is 0. The van der Waals surface area contributed by atoms with Gasteiger partial charge in [0.1, 0.15) is 12.0 Å². The minimum atomic E-state index is -0.661. The smallest absolute Gasteiger partial charge is 0.272 e. The van der Waals surface area contributed by atoms with Crippen molar-refractivity contribution in [2.75, 3.05) is 19.6 Å². The molecule has 0 spiro atoms. The van der Waals surface area contributed by atoms with Gasteiger partial charge in [-0.1, -0.05) is 0 Å². The molecule has 0 radical (unpaired) electrons. The molecule has 1 saturated heterocycles. The number of hydrogen-bond acceptors (Lipinski definition) is 4. The fourth-order valence-electron chi connectivity index (χ4n) is 4.76. The van der Waals surface area contributed by atoms with Crippen molar-refractivity contribution >= 4 is 16.8 Å². The van der Waals surface area contributed by atoms with Gasteiger partial charge in [0, 0.05) is 61.5 Å². The van der Waals surface area contributed by atoms with Gasteiger partial charge in [-0.25, -0.2) is 8.78 Å². The molecule has 2 aliphatic rings. The third kappa shape index (κ3) is 4.06. The predicted molar refractivity (Wildman–Crippen MR) is 113 cm³/mol. The Morgan fingerprint density at radius 1 is 1.26 bits per heavy atom. The summed E-state index contributed by atoms with van der Waals surface area (Å²) in [7, 11) is 1.77. The number of aromatic nitrogens is 4. The highest BCUT2D eigenvalue weighted by Crippen LogP contribution is 2.30. The van der Waals surface area contributed by atoms with Gasteiger partial charge >= 0.3 is 0 Å². The number of rotatable bonds is 5. The van der Waals surface area contributed by atoms with Crippen molar-refractivity contribution in [3.05, 3.63) is 36.0 Å².